The highest BCUT2D eigenvalue weighted by Gasteiger charge is 2.32. The first-order valence-corrected chi connectivity index (χ1v) is 9.85. The summed E-state index contributed by atoms with van der Waals surface area (Å²) in [4.78, 5) is 20.6. The maximum atomic E-state index is 13.2. The summed E-state index contributed by atoms with van der Waals surface area (Å²) >= 11 is 0. The third-order valence-electron chi connectivity index (χ3n) is 5.73. The quantitative estimate of drug-likeness (QED) is 0.694. The monoisotopic (exact) mass is 364 g/mol. The molecule has 0 spiro atoms. The van der Waals surface area contributed by atoms with Gasteiger partial charge in [-0.25, -0.2) is 4.98 Å². The van der Waals surface area contributed by atoms with Gasteiger partial charge in [0.25, 0.3) is 5.56 Å². The van der Waals surface area contributed by atoms with Crippen molar-refractivity contribution in [2.24, 2.45) is 5.92 Å². The van der Waals surface area contributed by atoms with Crippen LogP contribution in [0.25, 0.3) is 10.9 Å². The van der Waals surface area contributed by atoms with Gasteiger partial charge in [0.2, 0.25) is 0 Å². The van der Waals surface area contributed by atoms with Crippen LogP contribution < -0.4 is 5.56 Å². The van der Waals surface area contributed by atoms with Crippen LogP contribution in [0, 0.1) is 12.8 Å². The lowest BCUT2D eigenvalue weighted by molar-refractivity contribution is 0.225. The maximum Gasteiger partial charge on any atom is 0.261 e. The molecule has 1 atom stereocenters. The number of hydrogen-bond donors (Lipinski definition) is 0. The van der Waals surface area contributed by atoms with Crippen LogP contribution in [0.2, 0.25) is 0 Å². The van der Waals surface area contributed by atoms with Crippen LogP contribution in [-0.4, -0.2) is 26.2 Å². The van der Waals surface area contributed by atoms with E-state index in [4.69, 9.17) is 9.51 Å². The van der Waals surface area contributed by atoms with Gasteiger partial charge < -0.3 is 4.52 Å². The topological polar surface area (TPSA) is 64.2 Å². The van der Waals surface area contributed by atoms with Gasteiger partial charge in [-0.2, -0.15) is 0 Å². The van der Waals surface area contributed by atoms with E-state index in [0.29, 0.717) is 5.92 Å². The van der Waals surface area contributed by atoms with Crippen molar-refractivity contribution in [3.05, 3.63) is 58.0 Å². The first-order chi connectivity index (χ1) is 13.2. The zero-order chi connectivity index (χ0) is 18.4. The molecule has 1 aliphatic heterocycles. The van der Waals surface area contributed by atoms with Crippen molar-refractivity contribution < 1.29 is 4.52 Å². The summed E-state index contributed by atoms with van der Waals surface area (Å²) in [5.74, 6) is 2.37. The number of benzene rings is 1. The van der Waals surface area contributed by atoms with Gasteiger partial charge in [0.05, 0.1) is 22.6 Å². The second-order valence-electron chi connectivity index (χ2n) is 7.90. The molecule has 0 radical (unpaired) electrons. The van der Waals surface area contributed by atoms with Crippen LogP contribution in [0.5, 0.6) is 0 Å². The van der Waals surface area contributed by atoms with E-state index in [-0.39, 0.29) is 11.6 Å². The minimum atomic E-state index is 0.103. The predicted octanol–water partition coefficient (Wildman–Crippen LogP) is 3.44. The summed E-state index contributed by atoms with van der Waals surface area (Å²) < 4.78 is 7.19. The zero-order valence-electron chi connectivity index (χ0n) is 15.6. The van der Waals surface area contributed by atoms with E-state index in [1.165, 1.54) is 12.8 Å². The Bertz CT molecular complexity index is 1030. The molecule has 6 heteroatoms. The molecule has 1 saturated heterocycles. The number of aryl methyl sites for hydroxylation is 1. The van der Waals surface area contributed by atoms with E-state index in [9.17, 15) is 4.79 Å². The number of nitrogens with zero attached hydrogens (tertiary/aromatic N) is 4. The molecular formula is C21H24N4O2. The molecule has 3 heterocycles. The largest absolute Gasteiger partial charge is 0.361 e. The van der Waals surface area contributed by atoms with Crippen LogP contribution in [0.4, 0.5) is 0 Å². The standard InChI is InChI=1S/C21H24N4O2/c1-14-11-16(23-27-14)13-24-10-4-7-19(24)20-22-18-6-3-2-5-17(18)21(26)25(20)12-15-8-9-15/h2-3,5-6,11,15,19H,4,7-10,12-13H2,1H3. The van der Waals surface area contributed by atoms with Crippen molar-refractivity contribution >= 4 is 10.9 Å². The molecule has 1 aliphatic carbocycles. The molecule has 0 N–H and O–H groups in total. The van der Waals surface area contributed by atoms with Crippen molar-refractivity contribution in [1.29, 1.82) is 0 Å². The summed E-state index contributed by atoms with van der Waals surface area (Å²) in [6, 6.07) is 9.85. The number of fused-ring (bicyclic) bond motifs is 1. The van der Waals surface area contributed by atoms with Crippen LogP contribution in [0.15, 0.2) is 39.6 Å². The summed E-state index contributed by atoms with van der Waals surface area (Å²) in [5, 5.41) is 4.87. The Kier molecular flexibility index (Phi) is 4.08. The molecular weight excluding hydrogens is 340 g/mol. The van der Waals surface area contributed by atoms with Crippen LogP contribution in [-0.2, 0) is 13.1 Å². The van der Waals surface area contributed by atoms with Gasteiger partial charge in [0.15, 0.2) is 0 Å². The first kappa shape index (κ1) is 16.7. The molecule has 27 heavy (non-hydrogen) atoms. The molecule has 5 rings (SSSR count). The molecule has 2 aromatic heterocycles. The number of aromatic nitrogens is 3. The fraction of sp³-hybridized carbons (Fsp3) is 0.476. The molecule has 2 fully saturated rings. The Morgan fingerprint density at radius 1 is 1.22 bits per heavy atom. The van der Waals surface area contributed by atoms with Crippen LogP contribution >= 0.6 is 0 Å². The van der Waals surface area contributed by atoms with Gasteiger partial charge in [-0.3, -0.25) is 14.3 Å². The Morgan fingerprint density at radius 3 is 2.85 bits per heavy atom. The predicted molar refractivity (Wildman–Crippen MR) is 102 cm³/mol. The number of para-hydroxylation sites is 1. The van der Waals surface area contributed by atoms with Gasteiger partial charge in [-0.1, -0.05) is 17.3 Å². The van der Waals surface area contributed by atoms with Gasteiger partial charge in [0.1, 0.15) is 11.6 Å². The summed E-state index contributed by atoms with van der Waals surface area (Å²) in [5.41, 5.74) is 1.84. The highest BCUT2D eigenvalue weighted by molar-refractivity contribution is 5.77. The SMILES string of the molecule is Cc1cc(CN2CCCC2c2nc3ccccc3c(=O)n2CC2CC2)no1. The maximum absolute atomic E-state index is 13.2. The van der Waals surface area contributed by atoms with Gasteiger partial charge >= 0.3 is 0 Å². The van der Waals surface area contributed by atoms with E-state index in [1.54, 1.807) is 0 Å². The van der Waals surface area contributed by atoms with Crippen LogP contribution in [0.3, 0.4) is 0 Å². The van der Waals surface area contributed by atoms with E-state index >= 15 is 0 Å². The average Bonchev–Trinajstić information content (AvgIpc) is 3.22. The fourth-order valence-electron chi connectivity index (χ4n) is 4.18. The van der Waals surface area contributed by atoms with Crippen molar-refractivity contribution in [3.63, 3.8) is 0 Å². The van der Waals surface area contributed by atoms with Crippen molar-refractivity contribution in [2.75, 3.05) is 6.54 Å². The Hall–Kier alpha value is -2.47. The molecule has 140 valence electrons. The van der Waals surface area contributed by atoms with Crippen molar-refractivity contribution in [2.45, 2.75) is 51.7 Å². The van der Waals surface area contributed by atoms with E-state index in [0.717, 1.165) is 60.7 Å². The van der Waals surface area contributed by atoms with Gasteiger partial charge in [-0.15, -0.1) is 0 Å². The zero-order valence-corrected chi connectivity index (χ0v) is 15.6. The third-order valence-corrected chi connectivity index (χ3v) is 5.73. The molecule has 0 bridgehead atoms. The summed E-state index contributed by atoms with van der Waals surface area (Å²) in [6.07, 6.45) is 4.55. The molecule has 1 unspecified atom stereocenters. The molecule has 1 aromatic carbocycles. The van der Waals surface area contributed by atoms with E-state index < -0.39 is 0 Å². The lowest BCUT2D eigenvalue weighted by atomic mass is 10.1. The average molecular weight is 364 g/mol. The molecule has 1 saturated carbocycles. The van der Waals surface area contributed by atoms with E-state index in [2.05, 4.69) is 10.1 Å². The Morgan fingerprint density at radius 2 is 2.07 bits per heavy atom. The smallest absolute Gasteiger partial charge is 0.261 e. The van der Waals surface area contributed by atoms with Gasteiger partial charge in [0, 0.05) is 19.2 Å². The Labute approximate surface area is 157 Å². The number of likely N-dealkylation sites (tertiary alicyclic amines) is 1. The highest BCUT2D eigenvalue weighted by atomic mass is 16.5. The minimum Gasteiger partial charge on any atom is -0.361 e. The Balaban J connectivity index is 1.56. The highest BCUT2D eigenvalue weighted by Crippen LogP contribution is 2.35. The second kappa shape index (κ2) is 6.60. The van der Waals surface area contributed by atoms with Crippen molar-refractivity contribution in [1.82, 2.24) is 19.6 Å². The molecule has 3 aromatic rings. The third kappa shape index (κ3) is 3.18. The second-order valence-corrected chi connectivity index (χ2v) is 7.90. The van der Waals surface area contributed by atoms with Gasteiger partial charge in [-0.05, 0) is 57.2 Å². The molecule has 6 nitrogen and oxygen atoms in total. The van der Waals surface area contributed by atoms with Crippen molar-refractivity contribution in [3.8, 4) is 0 Å². The first-order valence-electron chi connectivity index (χ1n) is 9.85. The lowest BCUT2D eigenvalue weighted by Crippen LogP contribution is -2.32. The minimum absolute atomic E-state index is 0.103. The number of rotatable bonds is 5. The normalized spacial score (nSPS) is 20.6. The fourth-order valence-corrected chi connectivity index (χ4v) is 4.18. The van der Waals surface area contributed by atoms with Crippen LogP contribution in [0.1, 0.15) is 49.0 Å². The number of hydrogen-bond acceptors (Lipinski definition) is 5. The lowest BCUT2D eigenvalue weighted by Gasteiger charge is -2.26. The molecule has 2 aliphatic rings. The summed E-state index contributed by atoms with van der Waals surface area (Å²) in [7, 11) is 0. The summed E-state index contributed by atoms with van der Waals surface area (Å²) in [6.45, 7) is 4.42. The molecule has 0 amide bonds. The van der Waals surface area contributed by atoms with E-state index in [1.807, 2.05) is 41.8 Å².